The first-order valence-corrected chi connectivity index (χ1v) is 11.1. The van der Waals surface area contributed by atoms with Crippen molar-refractivity contribution < 1.29 is 23.8 Å². The summed E-state index contributed by atoms with van der Waals surface area (Å²) in [4.78, 5) is 25.0. The van der Waals surface area contributed by atoms with E-state index in [0.717, 1.165) is 0 Å². The van der Waals surface area contributed by atoms with E-state index in [4.69, 9.17) is 14.2 Å². The van der Waals surface area contributed by atoms with E-state index in [9.17, 15) is 14.9 Å². The Morgan fingerprint density at radius 2 is 1.49 bits per heavy atom. The average molecular weight is 536 g/mol. The summed E-state index contributed by atoms with van der Waals surface area (Å²) in [5.41, 5.74) is 1.43. The van der Waals surface area contributed by atoms with Crippen LogP contribution in [0.2, 0.25) is 0 Å². The Balaban J connectivity index is 1.71. The van der Waals surface area contributed by atoms with Crippen molar-refractivity contribution >= 4 is 45.2 Å². The number of carbonyl (C=O) groups excluding carboxylic acids is 2. The van der Waals surface area contributed by atoms with Gasteiger partial charge in [0.15, 0.2) is 6.61 Å². The molecule has 0 aromatic heterocycles. The first-order valence-electron chi connectivity index (χ1n) is 10.4. The number of rotatable bonds is 9. The van der Waals surface area contributed by atoms with Crippen LogP contribution in [0.15, 0.2) is 76.8 Å². The summed E-state index contributed by atoms with van der Waals surface area (Å²) >= 11 is 3.38. The molecule has 3 aromatic carbocycles. The molecule has 3 rings (SSSR count). The van der Waals surface area contributed by atoms with Crippen LogP contribution in [0.4, 0.5) is 11.4 Å². The highest BCUT2D eigenvalue weighted by atomic mass is 79.9. The molecule has 0 fully saturated rings. The zero-order valence-electron chi connectivity index (χ0n) is 19.0. The molecule has 9 heteroatoms. The van der Waals surface area contributed by atoms with Gasteiger partial charge in [-0.3, -0.25) is 9.59 Å². The number of benzene rings is 3. The lowest BCUT2D eigenvalue weighted by atomic mass is 10.1. The number of anilines is 2. The number of nitriles is 1. The van der Waals surface area contributed by atoms with Crippen molar-refractivity contribution in [1.29, 1.82) is 5.26 Å². The number of nitrogens with zero attached hydrogens (tertiary/aromatic N) is 1. The summed E-state index contributed by atoms with van der Waals surface area (Å²) in [6, 6.07) is 20.6. The largest absolute Gasteiger partial charge is 0.497 e. The standard InChI is InChI=1S/C26H22BrN3O5/c1-33-22-8-4-20(5-9-22)29-25(31)16-35-24-12-3-19(27)14-17(24)13-18(15-28)26(32)30-21-6-10-23(34-2)11-7-21/h3-14H,16H2,1-2H3,(H,29,31)(H,30,32)/b18-13-. The highest BCUT2D eigenvalue weighted by molar-refractivity contribution is 9.10. The van der Waals surface area contributed by atoms with Crippen LogP contribution in [0, 0.1) is 11.3 Å². The van der Waals surface area contributed by atoms with Gasteiger partial charge in [0.25, 0.3) is 11.8 Å². The number of ether oxygens (including phenoxy) is 3. The molecular weight excluding hydrogens is 514 g/mol. The minimum Gasteiger partial charge on any atom is -0.497 e. The van der Waals surface area contributed by atoms with E-state index in [-0.39, 0.29) is 18.1 Å². The first kappa shape index (κ1) is 25.3. The SMILES string of the molecule is COc1ccc(NC(=O)COc2ccc(Br)cc2/C=C(/C#N)C(=O)Nc2ccc(OC)cc2)cc1. The maximum absolute atomic E-state index is 12.7. The van der Waals surface area contributed by atoms with Crippen molar-refractivity contribution in [3.63, 3.8) is 0 Å². The summed E-state index contributed by atoms with van der Waals surface area (Å²) in [6.07, 6.45) is 1.40. The lowest BCUT2D eigenvalue weighted by Crippen LogP contribution is -2.20. The zero-order valence-corrected chi connectivity index (χ0v) is 20.6. The molecule has 0 spiro atoms. The number of halogens is 1. The highest BCUT2D eigenvalue weighted by Gasteiger charge is 2.13. The minimum atomic E-state index is -0.583. The second kappa shape index (κ2) is 12.3. The molecule has 35 heavy (non-hydrogen) atoms. The monoisotopic (exact) mass is 535 g/mol. The number of hydrogen-bond donors (Lipinski definition) is 2. The van der Waals surface area contributed by atoms with Gasteiger partial charge >= 0.3 is 0 Å². The summed E-state index contributed by atoms with van der Waals surface area (Å²) in [7, 11) is 3.11. The molecule has 178 valence electrons. The molecule has 0 saturated heterocycles. The van der Waals surface area contributed by atoms with Crippen LogP contribution in [0.1, 0.15) is 5.56 Å². The van der Waals surface area contributed by atoms with Crippen LogP contribution < -0.4 is 24.8 Å². The van der Waals surface area contributed by atoms with Crippen molar-refractivity contribution in [3.05, 3.63) is 82.3 Å². The Labute approximate surface area is 211 Å². The molecule has 0 aliphatic carbocycles. The van der Waals surface area contributed by atoms with Crippen molar-refractivity contribution in [1.82, 2.24) is 0 Å². The predicted molar refractivity (Wildman–Crippen MR) is 136 cm³/mol. The third-order valence-corrected chi connectivity index (χ3v) is 5.21. The molecule has 0 aliphatic heterocycles. The lowest BCUT2D eigenvalue weighted by molar-refractivity contribution is -0.118. The molecule has 0 unspecified atom stereocenters. The number of carbonyl (C=O) groups is 2. The second-order valence-electron chi connectivity index (χ2n) is 7.10. The molecule has 0 bridgehead atoms. The average Bonchev–Trinajstić information content (AvgIpc) is 2.87. The van der Waals surface area contributed by atoms with Gasteiger partial charge in [-0.2, -0.15) is 5.26 Å². The third kappa shape index (κ3) is 7.35. The third-order valence-electron chi connectivity index (χ3n) is 4.72. The van der Waals surface area contributed by atoms with Crippen LogP contribution in [-0.4, -0.2) is 32.6 Å². The molecule has 2 amide bonds. The maximum Gasteiger partial charge on any atom is 0.266 e. The molecule has 0 atom stereocenters. The summed E-state index contributed by atoms with van der Waals surface area (Å²) in [5, 5.41) is 15.0. The normalized spacial score (nSPS) is 10.6. The van der Waals surface area contributed by atoms with Crippen molar-refractivity contribution in [3.8, 4) is 23.3 Å². The van der Waals surface area contributed by atoms with Crippen molar-refractivity contribution in [2.45, 2.75) is 0 Å². The molecule has 2 N–H and O–H groups in total. The number of amides is 2. The summed E-state index contributed by atoms with van der Waals surface area (Å²) in [6.45, 7) is -0.269. The van der Waals surface area contributed by atoms with Crippen LogP contribution in [0.25, 0.3) is 6.08 Å². The van der Waals surface area contributed by atoms with Gasteiger partial charge in [0, 0.05) is 21.4 Å². The van der Waals surface area contributed by atoms with Gasteiger partial charge in [-0.1, -0.05) is 15.9 Å². The Morgan fingerprint density at radius 1 is 0.914 bits per heavy atom. The second-order valence-corrected chi connectivity index (χ2v) is 8.02. The fourth-order valence-corrected chi connectivity index (χ4v) is 3.33. The Morgan fingerprint density at radius 3 is 2.03 bits per heavy atom. The summed E-state index contributed by atoms with van der Waals surface area (Å²) < 4.78 is 16.6. The Bertz CT molecular complexity index is 1270. The smallest absolute Gasteiger partial charge is 0.266 e. The van der Waals surface area contributed by atoms with Gasteiger partial charge in [-0.15, -0.1) is 0 Å². The van der Waals surface area contributed by atoms with E-state index >= 15 is 0 Å². The van der Waals surface area contributed by atoms with Gasteiger partial charge in [0.1, 0.15) is 28.9 Å². The highest BCUT2D eigenvalue weighted by Crippen LogP contribution is 2.26. The Kier molecular flexibility index (Phi) is 8.87. The van der Waals surface area contributed by atoms with Crippen LogP contribution in [-0.2, 0) is 9.59 Å². The zero-order chi connectivity index (χ0) is 25.2. The molecule has 0 saturated carbocycles. The minimum absolute atomic E-state index is 0.133. The topological polar surface area (TPSA) is 110 Å². The molecule has 0 radical (unpaired) electrons. The molecule has 8 nitrogen and oxygen atoms in total. The van der Waals surface area contributed by atoms with E-state index in [1.54, 1.807) is 80.9 Å². The first-order chi connectivity index (χ1) is 16.9. The van der Waals surface area contributed by atoms with Crippen LogP contribution >= 0.6 is 15.9 Å². The molecule has 3 aromatic rings. The van der Waals surface area contributed by atoms with Crippen molar-refractivity contribution in [2.75, 3.05) is 31.5 Å². The van der Waals surface area contributed by atoms with E-state index in [1.165, 1.54) is 6.08 Å². The lowest BCUT2D eigenvalue weighted by Gasteiger charge is -2.11. The maximum atomic E-state index is 12.7. The van der Waals surface area contributed by atoms with Gasteiger partial charge in [0.05, 0.1) is 14.2 Å². The van der Waals surface area contributed by atoms with E-state index < -0.39 is 5.91 Å². The fourth-order valence-electron chi connectivity index (χ4n) is 2.96. The van der Waals surface area contributed by atoms with Crippen molar-refractivity contribution in [2.24, 2.45) is 0 Å². The molecular formula is C26H22BrN3O5. The predicted octanol–water partition coefficient (Wildman–Crippen LogP) is 5.03. The van der Waals surface area contributed by atoms with E-state index in [2.05, 4.69) is 26.6 Å². The van der Waals surface area contributed by atoms with Gasteiger partial charge in [-0.05, 0) is 72.8 Å². The summed E-state index contributed by atoms with van der Waals surface area (Å²) in [5.74, 6) is 0.704. The number of hydrogen-bond acceptors (Lipinski definition) is 6. The number of methoxy groups -OCH3 is 2. The van der Waals surface area contributed by atoms with Gasteiger partial charge in [-0.25, -0.2) is 0 Å². The van der Waals surface area contributed by atoms with Crippen LogP contribution in [0.3, 0.4) is 0 Å². The quantitative estimate of drug-likeness (QED) is 0.293. The molecule has 0 aliphatic rings. The van der Waals surface area contributed by atoms with E-state index in [1.807, 2.05) is 6.07 Å². The van der Waals surface area contributed by atoms with Gasteiger partial charge in [0.2, 0.25) is 0 Å². The van der Waals surface area contributed by atoms with Crippen LogP contribution in [0.5, 0.6) is 17.2 Å². The van der Waals surface area contributed by atoms with Gasteiger partial charge < -0.3 is 24.8 Å². The number of nitrogens with one attached hydrogen (secondary N) is 2. The fraction of sp³-hybridized carbons (Fsp3) is 0.115. The van der Waals surface area contributed by atoms with E-state index in [0.29, 0.717) is 38.7 Å². The molecule has 0 heterocycles. The Hall–Kier alpha value is -4.29.